The van der Waals surface area contributed by atoms with Gasteiger partial charge in [-0.25, -0.2) is 4.79 Å². The third-order valence-electron chi connectivity index (χ3n) is 7.14. The van der Waals surface area contributed by atoms with E-state index in [1.807, 2.05) is 36.4 Å². The number of benzene rings is 2. The van der Waals surface area contributed by atoms with Crippen LogP contribution >= 0.6 is 0 Å². The standard InChI is InChI=1S/C28H30N2O5/c31-26(32)16-30(15-18-12-13-18)27(33)19-6-5-7-20(14-19)29-28(34)35-17-25-23-10-3-1-8-21(23)22-9-2-4-11-24(22)25/h1-5,7-11,18-20,25H,6,12-17H2,(H,29,34)(H,31,32)/t19-,20-/m1/s1. The van der Waals surface area contributed by atoms with Crippen molar-refractivity contribution in [1.82, 2.24) is 10.2 Å². The van der Waals surface area contributed by atoms with Crippen LogP contribution in [0.25, 0.3) is 11.1 Å². The van der Waals surface area contributed by atoms with Crippen LogP contribution in [0.1, 0.15) is 42.7 Å². The highest BCUT2D eigenvalue weighted by Crippen LogP contribution is 2.44. The Morgan fingerprint density at radius 3 is 2.29 bits per heavy atom. The number of carbonyl (C=O) groups excluding carboxylic acids is 2. The van der Waals surface area contributed by atoms with Crippen molar-refractivity contribution >= 4 is 18.0 Å². The van der Waals surface area contributed by atoms with Gasteiger partial charge in [0.2, 0.25) is 5.91 Å². The summed E-state index contributed by atoms with van der Waals surface area (Å²) < 4.78 is 5.64. The summed E-state index contributed by atoms with van der Waals surface area (Å²) in [5.74, 6) is -1.11. The van der Waals surface area contributed by atoms with Crippen molar-refractivity contribution < 1.29 is 24.2 Å². The molecule has 0 bridgehead atoms. The second kappa shape index (κ2) is 9.94. The average molecular weight is 475 g/mol. The van der Waals surface area contributed by atoms with E-state index in [-0.39, 0.29) is 36.9 Å². The van der Waals surface area contributed by atoms with Crippen molar-refractivity contribution in [3.05, 3.63) is 71.8 Å². The number of hydrogen-bond acceptors (Lipinski definition) is 4. The summed E-state index contributed by atoms with van der Waals surface area (Å²) in [7, 11) is 0. The fourth-order valence-corrected chi connectivity index (χ4v) is 5.25. The highest BCUT2D eigenvalue weighted by atomic mass is 16.5. The van der Waals surface area contributed by atoms with E-state index < -0.39 is 12.1 Å². The summed E-state index contributed by atoms with van der Waals surface area (Å²) in [6.45, 7) is 0.447. The molecule has 1 saturated carbocycles. The van der Waals surface area contributed by atoms with Gasteiger partial charge in [0.1, 0.15) is 13.2 Å². The van der Waals surface area contributed by atoms with Crippen LogP contribution in [0.2, 0.25) is 0 Å². The molecule has 1 fully saturated rings. The lowest BCUT2D eigenvalue weighted by Crippen LogP contribution is -2.44. The van der Waals surface area contributed by atoms with E-state index in [9.17, 15) is 19.5 Å². The second-order valence-electron chi connectivity index (χ2n) is 9.73. The second-order valence-corrected chi connectivity index (χ2v) is 9.73. The van der Waals surface area contributed by atoms with Crippen LogP contribution in [0.15, 0.2) is 60.7 Å². The van der Waals surface area contributed by atoms with Crippen LogP contribution in [0, 0.1) is 11.8 Å². The minimum atomic E-state index is -1.00. The maximum Gasteiger partial charge on any atom is 0.407 e. The van der Waals surface area contributed by atoms with E-state index >= 15 is 0 Å². The third kappa shape index (κ3) is 5.24. The lowest BCUT2D eigenvalue weighted by molar-refractivity contribution is -0.146. The van der Waals surface area contributed by atoms with E-state index in [4.69, 9.17) is 4.74 Å². The molecule has 5 rings (SSSR count). The predicted molar refractivity (Wildman–Crippen MR) is 131 cm³/mol. The molecule has 7 nitrogen and oxygen atoms in total. The Kier molecular flexibility index (Phi) is 6.57. The molecule has 2 atom stereocenters. The van der Waals surface area contributed by atoms with Crippen molar-refractivity contribution in [3.63, 3.8) is 0 Å². The van der Waals surface area contributed by atoms with Crippen molar-refractivity contribution in [2.75, 3.05) is 19.7 Å². The molecule has 0 aliphatic heterocycles. The van der Waals surface area contributed by atoms with E-state index in [1.165, 1.54) is 16.0 Å². The number of alkyl carbamates (subject to hydrolysis) is 1. The normalized spacial score (nSPS) is 20.6. The zero-order chi connectivity index (χ0) is 24.4. The van der Waals surface area contributed by atoms with Gasteiger partial charge in [-0.15, -0.1) is 0 Å². The molecule has 3 aliphatic carbocycles. The highest BCUT2D eigenvalue weighted by molar-refractivity contribution is 5.83. The molecule has 182 valence electrons. The van der Waals surface area contributed by atoms with E-state index in [0.29, 0.717) is 25.3 Å². The molecule has 0 heterocycles. The minimum absolute atomic E-state index is 0.0172. The third-order valence-corrected chi connectivity index (χ3v) is 7.14. The Morgan fingerprint density at radius 1 is 1.00 bits per heavy atom. The fourth-order valence-electron chi connectivity index (χ4n) is 5.25. The zero-order valence-corrected chi connectivity index (χ0v) is 19.6. The summed E-state index contributed by atoms with van der Waals surface area (Å²) in [4.78, 5) is 38.4. The zero-order valence-electron chi connectivity index (χ0n) is 19.6. The number of aliphatic carboxylic acids is 1. The lowest BCUT2D eigenvalue weighted by atomic mass is 9.89. The molecule has 0 aromatic heterocycles. The number of ether oxygens (including phenoxy) is 1. The van der Waals surface area contributed by atoms with E-state index in [0.717, 1.165) is 24.0 Å². The van der Waals surface area contributed by atoms with Crippen LogP contribution in [0.3, 0.4) is 0 Å². The minimum Gasteiger partial charge on any atom is -0.480 e. The lowest BCUT2D eigenvalue weighted by Gasteiger charge is -2.29. The maximum absolute atomic E-state index is 13.0. The van der Waals surface area contributed by atoms with Crippen LogP contribution < -0.4 is 5.32 Å². The van der Waals surface area contributed by atoms with Gasteiger partial charge in [0, 0.05) is 18.4 Å². The topological polar surface area (TPSA) is 95.9 Å². The Labute approximate surface area is 204 Å². The number of carboxylic acid groups (broad SMARTS) is 1. The Morgan fingerprint density at radius 2 is 1.66 bits per heavy atom. The molecular weight excluding hydrogens is 444 g/mol. The van der Waals surface area contributed by atoms with Gasteiger partial charge < -0.3 is 20.1 Å². The first-order chi connectivity index (χ1) is 17.0. The molecule has 0 radical (unpaired) electrons. The number of nitrogens with one attached hydrogen (secondary N) is 1. The number of allylic oxidation sites excluding steroid dienone is 1. The van der Waals surface area contributed by atoms with Crippen LogP contribution in [-0.2, 0) is 14.3 Å². The number of nitrogens with zero attached hydrogens (tertiary/aromatic N) is 1. The molecule has 0 unspecified atom stereocenters. The molecule has 0 saturated heterocycles. The quantitative estimate of drug-likeness (QED) is 0.560. The first-order valence-corrected chi connectivity index (χ1v) is 12.3. The Balaban J connectivity index is 1.18. The van der Waals surface area contributed by atoms with Gasteiger partial charge in [-0.05, 0) is 53.9 Å². The van der Waals surface area contributed by atoms with Gasteiger partial charge in [-0.1, -0.05) is 60.7 Å². The summed E-state index contributed by atoms with van der Waals surface area (Å²) >= 11 is 0. The highest BCUT2D eigenvalue weighted by Gasteiger charge is 2.34. The van der Waals surface area contributed by atoms with Crippen molar-refractivity contribution in [3.8, 4) is 11.1 Å². The van der Waals surface area contributed by atoms with Gasteiger partial charge in [0.05, 0.1) is 6.04 Å². The molecule has 2 aromatic carbocycles. The summed E-state index contributed by atoms with van der Waals surface area (Å²) in [6, 6.07) is 16.0. The number of carbonyl (C=O) groups is 3. The molecule has 0 spiro atoms. The largest absolute Gasteiger partial charge is 0.480 e. The average Bonchev–Trinajstić information content (AvgIpc) is 3.62. The number of hydrogen-bond donors (Lipinski definition) is 2. The molecule has 2 aromatic rings. The van der Waals surface area contributed by atoms with Crippen LogP contribution in [0.4, 0.5) is 4.79 Å². The maximum atomic E-state index is 13.0. The van der Waals surface area contributed by atoms with Crippen LogP contribution in [0.5, 0.6) is 0 Å². The van der Waals surface area contributed by atoms with E-state index in [2.05, 4.69) is 29.6 Å². The van der Waals surface area contributed by atoms with E-state index in [1.54, 1.807) is 0 Å². The predicted octanol–water partition coefficient (Wildman–Crippen LogP) is 4.18. The fraction of sp³-hybridized carbons (Fsp3) is 0.393. The smallest absolute Gasteiger partial charge is 0.407 e. The monoisotopic (exact) mass is 474 g/mol. The summed E-state index contributed by atoms with van der Waals surface area (Å²) in [6.07, 6.45) is 6.31. The Hall–Kier alpha value is -3.61. The molecule has 35 heavy (non-hydrogen) atoms. The van der Waals surface area contributed by atoms with Gasteiger partial charge in [-0.3, -0.25) is 9.59 Å². The Bertz CT molecular complexity index is 1110. The van der Waals surface area contributed by atoms with Gasteiger partial charge in [-0.2, -0.15) is 0 Å². The number of fused-ring (bicyclic) bond motifs is 3. The molecule has 2 amide bonds. The van der Waals surface area contributed by atoms with Gasteiger partial charge in [0.25, 0.3) is 0 Å². The number of carboxylic acids is 1. The SMILES string of the molecule is O=C(O)CN(CC1CC1)C(=O)[C@@H]1CC=C[C@@H](NC(=O)OCC2c3ccccc3-c3ccccc32)C1. The number of rotatable bonds is 8. The van der Waals surface area contributed by atoms with Crippen molar-refractivity contribution in [2.24, 2.45) is 11.8 Å². The van der Waals surface area contributed by atoms with Gasteiger partial charge >= 0.3 is 12.1 Å². The van der Waals surface area contributed by atoms with Crippen molar-refractivity contribution in [1.29, 1.82) is 0 Å². The molecule has 2 N–H and O–H groups in total. The molecular formula is C28H30N2O5. The summed E-state index contributed by atoms with van der Waals surface area (Å²) in [5.41, 5.74) is 4.65. The molecule has 3 aliphatic rings. The van der Waals surface area contributed by atoms with Crippen LogP contribution in [-0.4, -0.2) is 53.7 Å². The first-order valence-electron chi connectivity index (χ1n) is 12.3. The first kappa shape index (κ1) is 23.1. The number of amides is 2. The van der Waals surface area contributed by atoms with Gasteiger partial charge in [0.15, 0.2) is 0 Å². The molecule has 7 heteroatoms. The van der Waals surface area contributed by atoms with Crippen molar-refractivity contribution in [2.45, 2.75) is 37.6 Å². The summed E-state index contributed by atoms with van der Waals surface area (Å²) in [5, 5.41) is 12.1.